The Labute approximate surface area is 154 Å². The van der Waals surface area contributed by atoms with Crippen LogP contribution in [0.1, 0.15) is 29.0 Å². The Bertz CT molecular complexity index is 591. The predicted octanol–water partition coefficient (Wildman–Crippen LogP) is 2.99. The number of halogens is 1. The second kappa shape index (κ2) is 10.3. The molecule has 5 nitrogen and oxygen atoms in total. The van der Waals surface area contributed by atoms with Crippen LogP contribution in [-0.2, 0) is 12.8 Å². The second-order valence-corrected chi connectivity index (χ2v) is 5.34. The molecule has 0 unspecified atom stereocenters. The lowest BCUT2D eigenvalue weighted by atomic mass is 10.1. The number of nitrogens with zero attached hydrogens (tertiary/aromatic N) is 2. The number of nitrogens with one attached hydrogen (secondary N) is 1. The predicted molar refractivity (Wildman–Crippen MR) is 104 cm³/mol. The molecule has 0 fully saturated rings. The van der Waals surface area contributed by atoms with Crippen LogP contribution in [0.15, 0.2) is 39.8 Å². The summed E-state index contributed by atoms with van der Waals surface area (Å²) in [6.07, 6.45) is 2.79. The van der Waals surface area contributed by atoms with Gasteiger partial charge in [0.1, 0.15) is 5.76 Å². The number of hydrogen-bond donors (Lipinski definition) is 2. The first kappa shape index (κ1) is 19.5. The van der Waals surface area contributed by atoms with Gasteiger partial charge in [0.2, 0.25) is 0 Å². The molecule has 0 saturated heterocycles. The van der Waals surface area contributed by atoms with E-state index in [1.54, 1.807) is 0 Å². The van der Waals surface area contributed by atoms with Gasteiger partial charge >= 0.3 is 0 Å². The summed E-state index contributed by atoms with van der Waals surface area (Å²) in [5.41, 5.74) is 9.31. The summed E-state index contributed by atoms with van der Waals surface area (Å²) in [6.45, 7) is 5.41. The van der Waals surface area contributed by atoms with Gasteiger partial charge in [-0.2, -0.15) is 0 Å². The lowest BCUT2D eigenvalue weighted by Crippen LogP contribution is -2.33. The Hall–Kier alpha value is -1.57. The van der Waals surface area contributed by atoms with Crippen LogP contribution in [0, 0.1) is 13.8 Å². The molecule has 0 bridgehead atoms. The molecule has 0 atom stereocenters. The zero-order valence-electron chi connectivity index (χ0n) is 13.7. The van der Waals surface area contributed by atoms with Gasteiger partial charge in [-0.15, -0.1) is 24.0 Å². The lowest BCUT2D eigenvalue weighted by molar-refractivity contribution is 0.392. The normalized spacial score (nSPS) is 11.1. The summed E-state index contributed by atoms with van der Waals surface area (Å²) >= 11 is 0. The van der Waals surface area contributed by atoms with Gasteiger partial charge in [-0.3, -0.25) is 4.99 Å². The first-order chi connectivity index (χ1) is 10.7. The van der Waals surface area contributed by atoms with Gasteiger partial charge in [0.05, 0.1) is 5.69 Å². The number of rotatable bonds is 7. The van der Waals surface area contributed by atoms with Crippen molar-refractivity contribution in [2.45, 2.75) is 33.1 Å². The first-order valence-corrected chi connectivity index (χ1v) is 7.66. The van der Waals surface area contributed by atoms with Gasteiger partial charge in [-0.1, -0.05) is 35.5 Å². The molecule has 23 heavy (non-hydrogen) atoms. The molecule has 0 radical (unpaired) electrons. The molecule has 6 heteroatoms. The van der Waals surface area contributed by atoms with E-state index < -0.39 is 0 Å². The molecule has 2 rings (SSSR count). The highest BCUT2D eigenvalue weighted by Crippen LogP contribution is 2.14. The third-order valence-electron chi connectivity index (χ3n) is 3.61. The van der Waals surface area contributed by atoms with E-state index in [0.717, 1.165) is 37.3 Å². The fraction of sp³-hybridized carbons (Fsp3) is 0.412. The molecule has 2 aromatic rings. The van der Waals surface area contributed by atoms with Crippen LogP contribution in [-0.4, -0.2) is 24.2 Å². The van der Waals surface area contributed by atoms with Gasteiger partial charge < -0.3 is 15.6 Å². The molecule has 1 aromatic heterocycles. The van der Waals surface area contributed by atoms with Crippen molar-refractivity contribution in [2.24, 2.45) is 10.7 Å². The Morgan fingerprint density at radius 1 is 1.22 bits per heavy atom. The molecule has 3 N–H and O–H groups in total. The quantitative estimate of drug-likeness (QED) is 0.308. The Morgan fingerprint density at radius 2 is 1.96 bits per heavy atom. The van der Waals surface area contributed by atoms with Gasteiger partial charge in [0, 0.05) is 18.7 Å². The average Bonchev–Trinajstić information content (AvgIpc) is 2.84. The zero-order valence-corrected chi connectivity index (χ0v) is 16.0. The van der Waals surface area contributed by atoms with Crippen molar-refractivity contribution in [3.05, 3.63) is 52.9 Å². The third-order valence-corrected chi connectivity index (χ3v) is 3.61. The summed E-state index contributed by atoms with van der Waals surface area (Å²) in [7, 11) is 0. The van der Waals surface area contributed by atoms with Crippen molar-refractivity contribution in [3.63, 3.8) is 0 Å². The summed E-state index contributed by atoms with van der Waals surface area (Å²) in [5.74, 6) is 1.41. The van der Waals surface area contributed by atoms with Crippen LogP contribution in [0.4, 0.5) is 0 Å². The molecule has 0 aliphatic heterocycles. The Kier molecular flexibility index (Phi) is 8.68. The maximum absolute atomic E-state index is 5.87. The van der Waals surface area contributed by atoms with Crippen LogP contribution in [0.25, 0.3) is 0 Å². The van der Waals surface area contributed by atoms with E-state index >= 15 is 0 Å². The average molecular weight is 428 g/mol. The van der Waals surface area contributed by atoms with Crippen LogP contribution < -0.4 is 11.1 Å². The molecular weight excluding hydrogens is 403 g/mol. The smallest absolute Gasteiger partial charge is 0.188 e. The topological polar surface area (TPSA) is 76.4 Å². The molecule has 0 amide bonds. The van der Waals surface area contributed by atoms with Crippen molar-refractivity contribution in [1.29, 1.82) is 0 Å². The van der Waals surface area contributed by atoms with Gasteiger partial charge in [0.25, 0.3) is 0 Å². The number of aliphatic imine (C=N–C) groups is 1. The minimum absolute atomic E-state index is 0. The fourth-order valence-electron chi connectivity index (χ4n) is 2.35. The molecular formula is C17H25IN4O. The fourth-order valence-corrected chi connectivity index (χ4v) is 2.35. The van der Waals surface area contributed by atoms with Gasteiger partial charge in [-0.05, 0) is 38.7 Å². The highest BCUT2D eigenvalue weighted by molar-refractivity contribution is 14.0. The van der Waals surface area contributed by atoms with Crippen LogP contribution in [0.2, 0.25) is 0 Å². The lowest BCUT2D eigenvalue weighted by Gasteiger charge is -2.05. The standard InChI is InChI=1S/C17H24N4O.HI/c1-13-16(14(2)22-21-13)9-6-11-19-17(18)20-12-10-15-7-4-3-5-8-15;/h3-5,7-8H,6,9-12H2,1-2H3,(H3,18,19,20);1H. The number of nitrogens with two attached hydrogens (primary N) is 1. The Morgan fingerprint density at radius 3 is 2.61 bits per heavy atom. The number of hydrogen-bond acceptors (Lipinski definition) is 3. The van der Waals surface area contributed by atoms with E-state index in [9.17, 15) is 0 Å². The van der Waals surface area contributed by atoms with Gasteiger partial charge in [0.15, 0.2) is 5.96 Å². The molecule has 0 aliphatic rings. The molecule has 126 valence electrons. The molecule has 0 spiro atoms. The van der Waals surface area contributed by atoms with Crippen LogP contribution >= 0.6 is 24.0 Å². The third kappa shape index (κ3) is 6.60. The maximum Gasteiger partial charge on any atom is 0.188 e. The van der Waals surface area contributed by atoms with E-state index in [0.29, 0.717) is 12.5 Å². The molecule has 1 heterocycles. The second-order valence-electron chi connectivity index (χ2n) is 5.34. The van der Waals surface area contributed by atoms with Crippen molar-refractivity contribution in [2.75, 3.05) is 13.1 Å². The zero-order chi connectivity index (χ0) is 15.8. The SMILES string of the molecule is Cc1noc(C)c1CCCN=C(N)NCCc1ccccc1.I. The summed E-state index contributed by atoms with van der Waals surface area (Å²) in [4.78, 5) is 4.35. The van der Waals surface area contributed by atoms with Crippen molar-refractivity contribution in [3.8, 4) is 0 Å². The van der Waals surface area contributed by atoms with Crippen molar-refractivity contribution >= 4 is 29.9 Å². The van der Waals surface area contributed by atoms with E-state index in [4.69, 9.17) is 10.3 Å². The largest absolute Gasteiger partial charge is 0.370 e. The number of aromatic nitrogens is 1. The Balaban J connectivity index is 0.00000264. The summed E-state index contributed by atoms with van der Waals surface area (Å²) in [5, 5.41) is 7.10. The van der Waals surface area contributed by atoms with E-state index in [1.165, 1.54) is 11.1 Å². The minimum Gasteiger partial charge on any atom is -0.370 e. The number of guanidine groups is 1. The summed E-state index contributed by atoms with van der Waals surface area (Å²) < 4.78 is 5.15. The van der Waals surface area contributed by atoms with Crippen LogP contribution in [0.5, 0.6) is 0 Å². The summed E-state index contributed by atoms with van der Waals surface area (Å²) in [6, 6.07) is 10.3. The maximum atomic E-state index is 5.87. The van der Waals surface area contributed by atoms with E-state index in [-0.39, 0.29) is 24.0 Å². The monoisotopic (exact) mass is 428 g/mol. The highest BCUT2D eigenvalue weighted by atomic mass is 127. The van der Waals surface area contributed by atoms with Crippen molar-refractivity contribution < 1.29 is 4.52 Å². The van der Waals surface area contributed by atoms with Crippen molar-refractivity contribution in [1.82, 2.24) is 10.5 Å². The highest BCUT2D eigenvalue weighted by Gasteiger charge is 2.07. The molecule has 0 saturated carbocycles. The number of aryl methyl sites for hydroxylation is 2. The van der Waals surface area contributed by atoms with Crippen LogP contribution in [0.3, 0.4) is 0 Å². The number of benzene rings is 1. The minimum atomic E-state index is 0. The van der Waals surface area contributed by atoms with Gasteiger partial charge in [-0.25, -0.2) is 0 Å². The molecule has 0 aliphatic carbocycles. The van der Waals surface area contributed by atoms with E-state index in [2.05, 4.69) is 27.6 Å². The first-order valence-electron chi connectivity index (χ1n) is 7.66. The van der Waals surface area contributed by atoms with E-state index in [1.807, 2.05) is 32.0 Å². The molecule has 1 aromatic carbocycles.